The summed E-state index contributed by atoms with van der Waals surface area (Å²) in [4.78, 5) is 34.8. The van der Waals surface area contributed by atoms with Crippen LogP contribution in [0.2, 0.25) is 5.02 Å². The molecule has 1 aromatic heterocycles. The lowest BCUT2D eigenvalue weighted by Crippen LogP contribution is -2.47. The van der Waals surface area contributed by atoms with Crippen LogP contribution in [0.1, 0.15) is 11.1 Å². The Bertz CT molecular complexity index is 897. The summed E-state index contributed by atoms with van der Waals surface area (Å²) < 4.78 is 0. The summed E-state index contributed by atoms with van der Waals surface area (Å²) in [7, 11) is 0. The van der Waals surface area contributed by atoms with E-state index in [1.165, 1.54) is 11.8 Å². The van der Waals surface area contributed by atoms with Crippen LogP contribution in [-0.4, -0.2) is 27.9 Å². The number of urea groups is 1. The van der Waals surface area contributed by atoms with Crippen molar-refractivity contribution in [2.75, 3.05) is 4.90 Å². The Kier molecular flexibility index (Phi) is 3.25. The van der Waals surface area contributed by atoms with Gasteiger partial charge in [0, 0.05) is 16.8 Å². The number of hydrogen-bond acceptors (Lipinski definition) is 4. The first kappa shape index (κ1) is 14.4. The maximum Gasteiger partial charge on any atom is 0.355 e. The number of amides is 3. The molecule has 3 amide bonds. The molecule has 2 aromatic rings. The molecule has 0 aliphatic carbocycles. The zero-order valence-corrected chi connectivity index (χ0v) is 13.6. The van der Waals surface area contributed by atoms with Crippen LogP contribution in [0.5, 0.6) is 0 Å². The van der Waals surface area contributed by atoms with Crippen LogP contribution in [0.15, 0.2) is 46.5 Å². The first-order valence-corrected chi connectivity index (χ1v) is 8.17. The van der Waals surface area contributed by atoms with E-state index in [0.29, 0.717) is 16.4 Å². The fourth-order valence-corrected chi connectivity index (χ4v) is 3.99. The topological polar surface area (TPSA) is 62.6 Å². The molecule has 0 saturated heterocycles. The van der Waals surface area contributed by atoms with Gasteiger partial charge in [-0.05, 0) is 36.8 Å². The molecule has 7 heteroatoms. The monoisotopic (exact) mass is 343 g/mol. The number of rotatable bonds is 1. The molecule has 0 spiro atoms. The van der Waals surface area contributed by atoms with Crippen LogP contribution < -0.4 is 4.90 Å². The van der Waals surface area contributed by atoms with E-state index < -0.39 is 11.3 Å². The van der Waals surface area contributed by atoms with Crippen molar-refractivity contribution in [3.05, 3.63) is 52.7 Å². The highest BCUT2D eigenvalue weighted by Gasteiger charge is 2.44. The molecule has 3 heterocycles. The number of fused-ring (bicyclic) bond motifs is 3. The predicted molar refractivity (Wildman–Crippen MR) is 89.5 cm³/mol. The Balaban J connectivity index is 1.82. The largest absolute Gasteiger partial charge is 0.355 e. The minimum atomic E-state index is -0.594. The molecule has 0 radical (unpaired) electrons. The lowest BCUT2D eigenvalue weighted by molar-refractivity contribution is -0.116. The van der Waals surface area contributed by atoms with Gasteiger partial charge in [-0.3, -0.25) is 4.79 Å². The number of carbonyl (C=O) groups is 2. The number of aliphatic imine (C=N–C) groups is 1. The van der Waals surface area contributed by atoms with Gasteiger partial charge < -0.3 is 0 Å². The number of imide groups is 1. The van der Waals surface area contributed by atoms with E-state index >= 15 is 0 Å². The zero-order chi connectivity index (χ0) is 16.1. The Morgan fingerprint density at radius 3 is 2.91 bits per heavy atom. The summed E-state index contributed by atoms with van der Waals surface area (Å²) in [6.45, 7) is 1.82. The first-order valence-electron chi connectivity index (χ1n) is 6.91. The third-order valence-electron chi connectivity index (χ3n) is 3.79. The van der Waals surface area contributed by atoms with Gasteiger partial charge in [0.25, 0.3) is 5.91 Å². The number of nitrogens with zero attached hydrogens (tertiary/aromatic N) is 3. The first-order chi connectivity index (χ1) is 11.1. The van der Waals surface area contributed by atoms with Gasteiger partial charge in [0.15, 0.2) is 0 Å². The number of carbonyl (C=O) groups excluding carboxylic acids is 2. The van der Waals surface area contributed by atoms with E-state index in [9.17, 15) is 9.59 Å². The molecule has 0 saturated carbocycles. The molecule has 5 nitrogen and oxygen atoms in total. The van der Waals surface area contributed by atoms with Crippen LogP contribution >= 0.6 is 23.4 Å². The van der Waals surface area contributed by atoms with Crippen LogP contribution in [0.25, 0.3) is 0 Å². The number of halogens is 1. The van der Waals surface area contributed by atoms with Gasteiger partial charge in [-0.2, -0.15) is 4.99 Å². The van der Waals surface area contributed by atoms with E-state index in [1.807, 2.05) is 13.0 Å². The average Bonchev–Trinajstić information content (AvgIpc) is 2.90. The molecule has 1 atom stereocenters. The smallest absolute Gasteiger partial charge is 0.272 e. The molecular weight excluding hydrogens is 334 g/mol. The molecule has 1 unspecified atom stereocenters. The molecule has 2 aliphatic heterocycles. The van der Waals surface area contributed by atoms with E-state index in [4.69, 9.17) is 11.6 Å². The second-order valence-corrected chi connectivity index (χ2v) is 6.77. The van der Waals surface area contributed by atoms with Gasteiger partial charge in [-0.25, -0.2) is 14.7 Å². The van der Waals surface area contributed by atoms with Gasteiger partial charge in [0.1, 0.15) is 10.3 Å². The van der Waals surface area contributed by atoms with Gasteiger partial charge in [0.2, 0.25) is 0 Å². The fourth-order valence-electron chi connectivity index (χ4n) is 2.68. The molecule has 0 bridgehead atoms. The van der Waals surface area contributed by atoms with Crippen LogP contribution in [0.3, 0.4) is 0 Å². The van der Waals surface area contributed by atoms with Crippen LogP contribution in [0.4, 0.5) is 10.5 Å². The number of aryl methyl sites for hydroxylation is 1. The third kappa shape index (κ3) is 2.17. The highest BCUT2D eigenvalue weighted by molar-refractivity contribution is 8.02. The maximum atomic E-state index is 12.9. The summed E-state index contributed by atoms with van der Waals surface area (Å²) in [6, 6.07) is 8.11. The Morgan fingerprint density at radius 1 is 1.26 bits per heavy atom. The molecule has 23 heavy (non-hydrogen) atoms. The van der Waals surface area contributed by atoms with Gasteiger partial charge >= 0.3 is 6.03 Å². The van der Waals surface area contributed by atoms with Crippen molar-refractivity contribution in [1.29, 1.82) is 0 Å². The quantitative estimate of drug-likeness (QED) is 0.795. The highest BCUT2D eigenvalue weighted by atomic mass is 35.5. The van der Waals surface area contributed by atoms with E-state index in [-0.39, 0.29) is 5.91 Å². The third-order valence-corrected chi connectivity index (χ3v) is 5.23. The Labute approximate surface area is 141 Å². The molecule has 0 fully saturated rings. The van der Waals surface area contributed by atoms with Crippen molar-refractivity contribution < 1.29 is 9.59 Å². The second kappa shape index (κ2) is 5.18. The number of hydrogen-bond donors (Lipinski definition) is 0. The van der Waals surface area contributed by atoms with Gasteiger partial charge in [0.05, 0.1) is 11.4 Å². The van der Waals surface area contributed by atoms with E-state index in [1.54, 1.807) is 30.5 Å². The lowest BCUT2D eigenvalue weighted by Gasteiger charge is -2.27. The van der Waals surface area contributed by atoms with Crippen molar-refractivity contribution in [3.63, 3.8) is 0 Å². The molecular formula is C16H10ClN3O2S. The molecule has 2 aliphatic rings. The van der Waals surface area contributed by atoms with Crippen LogP contribution in [0, 0.1) is 6.92 Å². The lowest BCUT2D eigenvalue weighted by atomic mass is 10.1. The van der Waals surface area contributed by atoms with Crippen LogP contribution in [-0.2, 0) is 4.79 Å². The summed E-state index contributed by atoms with van der Waals surface area (Å²) in [5.41, 5.74) is 2.50. The summed E-state index contributed by atoms with van der Waals surface area (Å²) in [5, 5.41) is 0.642. The maximum absolute atomic E-state index is 12.9. The number of pyridine rings is 1. The predicted octanol–water partition coefficient (Wildman–Crippen LogP) is 3.47. The zero-order valence-electron chi connectivity index (χ0n) is 12.0. The second-order valence-electron chi connectivity index (χ2n) is 5.24. The summed E-state index contributed by atoms with van der Waals surface area (Å²) in [6.07, 6.45) is 1.66. The summed E-state index contributed by atoms with van der Waals surface area (Å²) >= 11 is 7.34. The number of benzene rings is 1. The normalized spacial score (nSPS) is 19.5. The van der Waals surface area contributed by atoms with Gasteiger partial charge in [-0.1, -0.05) is 29.4 Å². The highest BCUT2D eigenvalue weighted by Crippen LogP contribution is 2.40. The van der Waals surface area contributed by atoms with Crippen molar-refractivity contribution in [1.82, 2.24) is 4.98 Å². The molecule has 0 N–H and O–H groups in total. The summed E-state index contributed by atoms with van der Waals surface area (Å²) in [5.74, 6) is -0.312. The SMILES string of the molecule is Cc1ccc(Cl)cc1N1C(=O)N=C2c3cccnc3SC2C1=O. The number of anilines is 1. The minimum absolute atomic E-state index is 0.312. The Morgan fingerprint density at radius 2 is 2.09 bits per heavy atom. The number of aromatic nitrogens is 1. The Hall–Kier alpha value is -2.18. The molecule has 1 aromatic carbocycles. The fraction of sp³-hybridized carbons (Fsp3) is 0.125. The van der Waals surface area contributed by atoms with Crippen molar-refractivity contribution in [2.24, 2.45) is 4.99 Å². The van der Waals surface area contributed by atoms with E-state index in [2.05, 4.69) is 9.98 Å². The molecule has 4 rings (SSSR count). The number of thioether (sulfide) groups is 1. The van der Waals surface area contributed by atoms with Gasteiger partial charge in [-0.15, -0.1) is 0 Å². The molecule has 114 valence electrons. The average molecular weight is 344 g/mol. The van der Waals surface area contributed by atoms with E-state index in [0.717, 1.165) is 21.1 Å². The van der Waals surface area contributed by atoms with Crippen molar-refractivity contribution in [3.8, 4) is 0 Å². The standard InChI is InChI=1S/C16H10ClN3O2S/c1-8-4-5-9(17)7-11(8)20-15(21)13-12(19-16(20)22)10-3-2-6-18-14(10)23-13/h2-7,13H,1H3. The van der Waals surface area contributed by atoms with Crippen molar-refractivity contribution >= 4 is 46.7 Å². The minimum Gasteiger partial charge on any atom is -0.272 e. The van der Waals surface area contributed by atoms with Crippen molar-refractivity contribution in [2.45, 2.75) is 17.2 Å².